The molecule has 1 aliphatic heterocycles. The predicted molar refractivity (Wildman–Crippen MR) is 122 cm³/mol. The topological polar surface area (TPSA) is 111 Å². The number of nitrogens with one attached hydrogen (secondary N) is 2. The number of aromatic nitrogens is 3. The Bertz CT molecular complexity index is 1210. The Morgan fingerprint density at radius 3 is 2.75 bits per heavy atom. The number of hydrogen-bond acceptors (Lipinski definition) is 8. The molecule has 32 heavy (non-hydrogen) atoms. The number of rotatable bonds is 8. The van der Waals surface area contributed by atoms with E-state index in [9.17, 15) is 8.42 Å². The first-order chi connectivity index (χ1) is 15.4. The first-order valence-corrected chi connectivity index (χ1v) is 12.0. The summed E-state index contributed by atoms with van der Waals surface area (Å²) < 4.78 is 39.2. The lowest BCUT2D eigenvalue weighted by Crippen LogP contribution is -2.39. The van der Waals surface area contributed by atoms with Crippen LogP contribution in [0, 0.1) is 0 Å². The lowest BCUT2D eigenvalue weighted by atomic mass is 10.2. The zero-order valence-corrected chi connectivity index (χ0v) is 19.4. The smallest absolute Gasteiger partial charge is 0.240 e. The summed E-state index contributed by atoms with van der Waals surface area (Å²) in [7, 11) is -0.769. The van der Waals surface area contributed by atoms with E-state index in [-0.39, 0.29) is 4.90 Å². The molecule has 0 radical (unpaired) electrons. The number of methoxy groups -OCH3 is 1. The van der Waals surface area contributed by atoms with Crippen molar-refractivity contribution in [3.63, 3.8) is 0 Å². The average molecular weight is 481 g/mol. The van der Waals surface area contributed by atoms with Crippen molar-refractivity contribution in [3.05, 3.63) is 35.6 Å². The van der Waals surface area contributed by atoms with Gasteiger partial charge in [-0.15, -0.1) is 5.10 Å². The number of nitrogens with zero attached hydrogens (tertiary/aromatic N) is 4. The standard InChI is InChI=1S/C20H25ClN6O4S/c1-22-32(28,29)14-3-4-16(18(11-14)30-2)27-17-12-19(21)24-13-15(17)20(25-27)23-5-6-26-7-9-31-10-8-26/h3-4,11-13,22H,5-10H2,1-2H3,(H,23,25). The summed E-state index contributed by atoms with van der Waals surface area (Å²) in [6.45, 7) is 4.88. The van der Waals surface area contributed by atoms with E-state index < -0.39 is 10.0 Å². The van der Waals surface area contributed by atoms with Crippen molar-refractivity contribution in [2.45, 2.75) is 4.90 Å². The molecule has 2 aromatic heterocycles. The fraction of sp³-hybridized carbons (Fsp3) is 0.400. The molecule has 4 rings (SSSR count). The van der Waals surface area contributed by atoms with Crippen LogP contribution in [-0.2, 0) is 14.8 Å². The number of benzene rings is 1. The molecule has 10 nitrogen and oxygen atoms in total. The van der Waals surface area contributed by atoms with Crippen molar-refractivity contribution in [1.29, 1.82) is 0 Å². The van der Waals surface area contributed by atoms with Crippen LogP contribution in [0.3, 0.4) is 0 Å². The van der Waals surface area contributed by atoms with E-state index in [2.05, 4.69) is 19.9 Å². The third kappa shape index (κ3) is 4.66. The van der Waals surface area contributed by atoms with Crippen molar-refractivity contribution < 1.29 is 17.9 Å². The van der Waals surface area contributed by atoms with Crippen molar-refractivity contribution in [3.8, 4) is 11.4 Å². The molecular formula is C20H25ClN6O4S. The highest BCUT2D eigenvalue weighted by molar-refractivity contribution is 7.89. The fourth-order valence-electron chi connectivity index (χ4n) is 3.57. The molecule has 12 heteroatoms. The monoisotopic (exact) mass is 480 g/mol. The Morgan fingerprint density at radius 2 is 2.03 bits per heavy atom. The van der Waals surface area contributed by atoms with Gasteiger partial charge in [0.2, 0.25) is 10.0 Å². The van der Waals surface area contributed by atoms with Crippen LogP contribution in [0.15, 0.2) is 35.4 Å². The molecule has 0 saturated carbocycles. The summed E-state index contributed by atoms with van der Waals surface area (Å²) in [4.78, 5) is 6.63. The quantitative estimate of drug-likeness (QED) is 0.469. The fourth-order valence-corrected chi connectivity index (χ4v) is 4.47. The van der Waals surface area contributed by atoms with Gasteiger partial charge in [0.15, 0.2) is 5.82 Å². The van der Waals surface area contributed by atoms with E-state index in [1.807, 2.05) is 0 Å². The molecular weight excluding hydrogens is 456 g/mol. The Balaban J connectivity index is 1.69. The maximum Gasteiger partial charge on any atom is 0.240 e. The molecule has 0 spiro atoms. The van der Waals surface area contributed by atoms with Gasteiger partial charge in [-0.2, -0.15) is 0 Å². The third-order valence-corrected chi connectivity index (χ3v) is 6.93. The van der Waals surface area contributed by atoms with Crippen molar-refractivity contribution >= 4 is 38.3 Å². The number of morpholine rings is 1. The van der Waals surface area contributed by atoms with Crippen molar-refractivity contribution in [2.24, 2.45) is 0 Å². The Labute approximate surface area is 191 Å². The van der Waals surface area contributed by atoms with Gasteiger partial charge in [-0.05, 0) is 19.2 Å². The molecule has 1 saturated heterocycles. The normalized spacial score (nSPS) is 15.2. The average Bonchev–Trinajstić information content (AvgIpc) is 3.16. The first kappa shape index (κ1) is 22.7. The molecule has 0 unspecified atom stereocenters. The summed E-state index contributed by atoms with van der Waals surface area (Å²) in [5.74, 6) is 1.02. The van der Waals surface area contributed by atoms with Gasteiger partial charge < -0.3 is 14.8 Å². The van der Waals surface area contributed by atoms with Crippen LogP contribution in [0.1, 0.15) is 0 Å². The van der Waals surface area contributed by atoms with Gasteiger partial charge in [-0.25, -0.2) is 22.8 Å². The highest BCUT2D eigenvalue weighted by Gasteiger charge is 2.19. The summed E-state index contributed by atoms with van der Waals surface area (Å²) in [5.41, 5.74) is 1.30. The van der Waals surface area contributed by atoms with Crippen LogP contribution >= 0.6 is 11.6 Å². The molecule has 0 bridgehead atoms. The minimum absolute atomic E-state index is 0.0978. The number of hydrogen-bond donors (Lipinski definition) is 2. The Kier molecular flexibility index (Phi) is 6.82. The second-order valence-electron chi connectivity index (χ2n) is 7.21. The van der Waals surface area contributed by atoms with E-state index in [1.165, 1.54) is 26.3 Å². The number of halogens is 1. The molecule has 3 aromatic rings. The minimum atomic E-state index is -3.61. The second kappa shape index (κ2) is 9.59. The van der Waals surface area contributed by atoms with E-state index in [4.69, 9.17) is 26.2 Å². The number of fused-ring (bicyclic) bond motifs is 1. The van der Waals surface area contributed by atoms with Crippen molar-refractivity contribution in [1.82, 2.24) is 24.4 Å². The third-order valence-electron chi connectivity index (χ3n) is 5.31. The zero-order valence-electron chi connectivity index (χ0n) is 17.8. The van der Waals surface area contributed by atoms with E-state index in [0.29, 0.717) is 29.0 Å². The number of anilines is 1. The van der Waals surface area contributed by atoms with Crippen LogP contribution in [0.2, 0.25) is 5.15 Å². The highest BCUT2D eigenvalue weighted by atomic mass is 35.5. The Morgan fingerprint density at radius 1 is 1.25 bits per heavy atom. The number of ether oxygens (including phenoxy) is 2. The van der Waals surface area contributed by atoms with Gasteiger partial charge in [-0.1, -0.05) is 11.6 Å². The second-order valence-corrected chi connectivity index (χ2v) is 9.48. The zero-order chi connectivity index (χ0) is 22.7. The number of pyridine rings is 1. The minimum Gasteiger partial charge on any atom is -0.494 e. The van der Waals surface area contributed by atoms with Gasteiger partial charge in [0.05, 0.1) is 36.1 Å². The molecule has 0 amide bonds. The molecule has 1 aliphatic rings. The molecule has 172 valence electrons. The van der Waals surface area contributed by atoms with Crippen molar-refractivity contribution in [2.75, 3.05) is 58.9 Å². The molecule has 3 heterocycles. The summed E-state index contributed by atoms with van der Waals surface area (Å²) >= 11 is 6.16. The maximum absolute atomic E-state index is 12.2. The van der Waals surface area contributed by atoms with Crippen LogP contribution in [0.25, 0.3) is 16.6 Å². The van der Waals surface area contributed by atoms with E-state index in [1.54, 1.807) is 23.0 Å². The Hall–Kier alpha value is -2.44. The lowest BCUT2D eigenvalue weighted by Gasteiger charge is -2.26. The largest absolute Gasteiger partial charge is 0.494 e. The van der Waals surface area contributed by atoms with E-state index in [0.717, 1.165) is 43.8 Å². The van der Waals surface area contributed by atoms with Crippen LogP contribution in [-0.4, -0.2) is 81.6 Å². The molecule has 0 aliphatic carbocycles. The molecule has 2 N–H and O–H groups in total. The van der Waals surface area contributed by atoms with Crippen LogP contribution < -0.4 is 14.8 Å². The number of sulfonamides is 1. The molecule has 1 fully saturated rings. The van der Waals surface area contributed by atoms with Crippen LogP contribution in [0.4, 0.5) is 5.82 Å². The van der Waals surface area contributed by atoms with Crippen LogP contribution in [0.5, 0.6) is 5.75 Å². The summed E-state index contributed by atoms with van der Waals surface area (Å²) in [6, 6.07) is 6.34. The predicted octanol–water partition coefficient (Wildman–Crippen LogP) is 1.73. The van der Waals surface area contributed by atoms with Gasteiger partial charge in [0.25, 0.3) is 0 Å². The SMILES string of the molecule is CNS(=O)(=O)c1ccc(-n2nc(NCCN3CCOCC3)c3cnc(Cl)cc32)c(OC)c1. The highest BCUT2D eigenvalue weighted by Crippen LogP contribution is 2.32. The molecule has 0 atom stereocenters. The van der Waals surface area contributed by atoms with Gasteiger partial charge in [0, 0.05) is 44.5 Å². The lowest BCUT2D eigenvalue weighted by molar-refractivity contribution is 0.0398. The molecule has 1 aromatic carbocycles. The summed E-state index contributed by atoms with van der Waals surface area (Å²) in [6.07, 6.45) is 1.67. The maximum atomic E-state index is 12.2. The summed E-state index contributed by atoms with van der Waals surface area (Å²) in [5, 5.41) is 9.23. The first-order valence-electron chi connectivity index (χ1n) is 10.1. The van der Waals surface area contributed by atoms with Gasteiger partial charge in [0.1, 0.15) is 16.6 Å². The van der Waals surface area contributed by atoms with Gasteiger partial charge >= 0.3 is 0 Å². The van der Waals surface area contributed by atoms with Gasteiger partial charge in [-0.3, -0.25) is 4.90 Å². The van der Waals surface area contributed by atoms with E-state index >= 15 is 0 Å².